The van der Waals surface area contributed by atoms with E-state index in [2.05, 4.69) is 0 Å². The van der Waals surface area contributed by atoms with Crippen LogP contribution in [-0.2, 0) is 32.2 Å². The van der Waals surface area contributed by atoms with Crippen LogP contribution in [0.4, 0.5) is 0 Å². The first-order valence-corrected chi connectivity index (χ1v) is 12.2. The average molecular weight is 523 g/mol. The third kappa shape index (κ3) is 5.92. The molecule has 0 amide bonds. The number of nitrogens with zero attached hydrogens (tertiary/aromatic N) is 4. The Kier molecular flexibility index (Phi) is 8.23. The summed E-state index contributed by atoms with van der Waals surface area (Å²) in [6.07, 6.45) is 2.42. The van der Waals surface area contributed by atoms with Gasteiger partial charge in [-0.25, -0.2) is 9.59 Å². The smallest absolute Gasteiger partial charge is 0.419 e. The van der Waals surface area contributed by atoms with Crippen molar-refractivity contribution in [1.82, 2.24) is 18.9 Å². The molecule has 0 aliphatic rings. The molecule has 10 nitrogen and oxygen atoms in total. The van der Waals surface area contributed by atoms with Gasteiger partial charge in [0.2, 0.25) is 0 Å². The van der Waals surface area contributed by atoms with Gasteiger partial charge in [0.1, 0.15) is 11.5 Å². The quantitative estimate of drug-likeness (QED) is 0.178. The van der Waals surface area contributed by atoms with Crippen LogP contribution in [-0.4, -0.2) is 85.7 Å². The van der Waals surface area contributed by atoms with E-state index in [1.54, 1.807) is 52.2 Å². The number of likely N-dealkylation sites (N-methyl/N-ethyl adjacent to an activating group) is 2. The Labute approximate surface area is 221 Å². The number of carbonyl (C=O) groups excluding carboxylic acids is 2. The molecule has 2 aromatic heterocycles. The van der Waals surface area contributed by atoms with Crippen LogP contribution in [0.2, 0.25) is 0 Å². The number of rotatable bonds is 10. The second-order valence-electron chi connectivity index (χ2n) is 9.43. The molecule has 0 aliphatic carbocycles. The molecule has 0 saturated carbocycles. The van der Waals surface area contributed by atoms with Crippen molar-refractivity contribution in [3.8, 4) is 11.5 Å². The number of aromatic nitrogens is 2. The van der Waals surface area contributed by atoms with Crippen molar-refractivity contribution in [3.05, 3.63) is 60.9 Å². The fraction of sp³-hybridized carbons (Fsp3) is 0.357. The standard InChI is InChI=1S/C28H34N4O6/c1-29(2)25(17-31-13-11-19-7-9-21(35-5)15-23(19)31)37-27(33)28(34)38-26(30(3)4)18-32-14-12-20-8-10-22(36-6)16-24(20)32/h7-16,25-26H,17-18H2,1-6H3. The number of hydrogen-bond donors (Lipinski definition) is 0. The third-order valence-electron chi connectivity index (χ3n) is 6.47. The molecule has 4 aromatic rings. The summed E-state index contributed by atoms with van der Waals surface area (Å²) in [4.78, 5) is 29.1. The van der Waals surface area contributed by atoms with Crippen molar-refractivity contribution in [2.75, 3.05) is 42.4 Å². The molecule has 0 spiro atoms. The average Bonchev–Trinajstić information content (AvgIpc) is 3.50. The predicted molar refractivity (Wildman–Crippen MR) is 144 cm³/mol. The summed E-state index contributed by atoms with van der Waals surface area (Å²) in [7, 11) is 10.3. The lowest BCUT2D eigenvalue weighted by atomic mass is 10.2. The van der Waals surface area contributed by atoms with E-state index < -0.39 is 24.4 Å². The van der Waals surface area contributed by atoms with Crippen molar-refractivity contribution in [3.63, 3.8) is 0 Å². The second-order valence-corrected chi connectivity index (χ2v) is 9.43. The van der Waals surface area contributed by atoms with Gasteiger partial charge in [-0.2, -0.15) is 0 Å². The van der Waals surface area contributed by atoms with Gasteiger partial charge in [-0.15, -0.1) is 0 Å². The molecule has 2 aromatic carbocycles. The fourth-order valence-corrected chi connectivity index (χ4v) is 4.19. The molecule has 2 unspecified atom stereocenters. The Morgan fingerprint density at radius 3 is 1.42 bits per heavy atom. The predicted octanol–water partition coefficient (Wildman–Crippen LogP) is 3.18. The van der Waals surface area contributed by atoms with Gasteiger partial charge < -0.3 is 28.1 Å². The van der Waals surface area contributed by atoms with Gasteiger partial charge in [-0.1, -0.05) is 0 Å². The molecule has 0 N–H and O–H groups in total. The van der Waals surface area contributed by atoms with E-state index in [1.165, 1.54) is 0 Å². The maximum absolute atomic E-state index is 12.8. The largest absolute Gasteiger partial charge is 0.497 e. The Balaban J connectivity index is 1.45. The SMILES string of the molecule is COc1ccc2ccn(CC(OC(=O)C(=O)OC(Cn3ccc4ccc(OC)cc43)N(C)C)N(C)C)c2c1. The molecule has 0 radical (unpaired) electrons. The molecule has 0 bridgehead atoms. The molecule has 0 fully saturated rings. The fourth-order valence-electron chi connectivity index (χ4n) is 4.19. The van der Waals surface area contributed by atoms with Crippen LogP contribution >= 0.6 is 0 Å². The lowest BCUT2D eigenvalue weighted by Gasteiger charge is -2.27. The van der Waals surface area contributed by atoms with Gasteiger partial charge in [-0.05, 0) is 75.4 Å². The number of methoxy groups -OCH3 is 2. The first-order chi connectivity index (χ1) is 18.2. The van der Waals surface area contributed by atoms with Crippen LogP contribution in [0.25, 0.3) is 21.8 Å². The van der Waals surface area contributed by atoms with Gasteiger partial charge >= 0.3 is 11.9 Å². The summed E-state index contributed by atoms with van der Waals surface area (Å²) in [5.74, 6) is -0.654. The highest BCUT2D eigenvalue weighted by atomic mass is 16.6. The minimum atomic E-state index is -1.05. The van der Waals surface area contributed by atoms with Crippen molar-refractivity contribution in [2.45, 2.75) is 25.5 Å². The molecule has 2 heterocycles. The molecule has 0 saturated heterocycles. The van der Waals surface area contributed by atoms with Gasteiger partial charge in [0.25, 0.3) is 0 Å². The van der Waals surface area contributed by atoms with Crippen LogP contribution in [0.1, 0.15) is 0 Å². The minimum Gasteiger partial charge on any atom is -0.497 e. The number of hydrogen-bond acceptors (Lipinski definition) is 8. The topological polar surface area (TPSA) is 87.4 Å². The molecule has 0 aliphatic heterocycles. The number of benzene rings is 2. The summed E-state index contributed by atoms with van der Waals surface area (Å²) in [5.41, 5.74) is 1.86. The van der Waals surface area contributed by atoms with E-state index in [0.29, 0.717) is 13.1 Å². The Bertz CT molecular complexity index is 1320. The summed E-state index contributed by atoms with van der Waals surface area (Å²) in [5, 5.41) is 2.05. The van der Waals surface area contributed by atoms with Crippen molar-refractivity contribution in [2.24, 2.45) is 0 Å². The van der Waals surface area contributed by atoms with Crippen LogP contribution in [0.3, 0.4) is 0 Å². The van der Waals surface area contributed by atoms with Crippen molar-refractivity contribution < 1.29 is 28.5 Å². The van der Waals surface area contributed by atoms with Crippen LogP contribution in [0.15, 0.2) is 60.9 Å². The number of fused-ring (bicyclic) bond motifs is 2. The van der Waals surface area contributed by atoms with E-state index in [-0.39, 0.29) is 0 Å². The lowest BCUT2D eigenvalue weighted by Crippen LogP contribution is -2.42. The maximum atomic E-state index is 12.8. The normalized spacial score (nSPS) is 13.2. The zero-order valence-corrected chi connectivity index (χ0v) is 22.6. The van der Waals surface area contributed by atoms with E-state index in [9.17, 15) is 9.59 Å². The van der Waals surface area contributed by atoms with Crippen LogP contribution in [0.5, 0.6) is 11.5 Å². The molecule has 2 atom stereocenters. The Morgan fingerprint density at radius 2 is 1.08 bits per heavy atom. The number of ether oxygens (including phenoxy) is 4. The summed E-state index contributed by atoms with van der Waals surface area (Å²) >= 11 is 0. The van der Waals surface area contributed by atoms with E-state index in [0.717, 1.165) is 33.3 Å². The first-order valence-electron chi connectivity index (χ1n) is 12.2. The molecular formula is C28H34N4O6. The summed E-state index contributed by atoms with van der Waals surface area (Å²) in [6.45, 7) is 0.633. The highest BCUT2D eigenvalue weighted by Gasteiger charge is 2.28. The maximum Gasteiger partial charge on any atom is 0.419 e. The molecule has 38 heavy (non-hydrogen) atoms. The second kappa shape index (κ2) is 11.6. The van der Waals surface area contributed by atoms with E-state index >= 15 is 0 Å². The number of esters is 2. The third-order valence-corrected chi connectivity index (χ3v) is 6.47. The van der Waals surface area contributed by atoms with Gasteiger partial charge in [-0.3, -0.25) is 9.80 Å². The Hall–Kier alpha value is -4.02. The highest BCUT2D eigenvalue weighted by molar-refractivity contribution is 6.29. The molecule has 10 heteroatoms. The van der Waals surface area contributed by atoms with Gasteiger partial charge in [0.05, 0.1) is 38.3 Å². The molecule has 202 valence electrons. The minimum absolute atomic E-state index is 0.316. The molecular weight excluding hydrogens is 488 g/mol. The molecule has 4 rings (SSSR count). The highest BCUT2D eigenvalue weighted by Crippen LogP contribution is 2.24. The zero-order valence-electron chi connectivity index (χ0n) is 22.6. The van der Waals surface area contributed by atoms with Gasteiger partial charge in [0, 0.05) is 24.5 Å². The van der Waals surface area contributed by atoms with Gasteiger partial charge in [0.15, 0.2) is 12.5 Å². The van der Waals surface area contributed by atoms with Crippen LogP contribution in [0, 0.1) is 0 Å². The monoisotopic (exact) mass is 522 g/mol. The van der Waals surface area contributed by atoms with E-state index in [1.807, 2.05) is 70.1 Å². The van der Waals surface area contributed by atoms with Crippen molar-refractivity contribution in [1.29, 1.82) is 0 Å². The Morgan fingerprint density at radius 1 is 0.684 bits per heavy atom. The first kappa shape index (κ1) is 27.0. The number of carbonyl (C=O) groups is 2. The lowest BCUT2D eigenvalue weighted by molar-refractivity contribution is -0.183. The zero-order chi connectivity index (χ0) is 27.4. The summed E-state index contributed by atoms with van der Waals surface area (Å²) in [6, 6.07) is 15.5. The van der Waals surface area contributed by atoms with Crippen molar-refractivity contribution >= 4 is 33.7 Å². The van der Waals surface area contributed by atoms with E-state index in [4.69, 9.17) is 18.9 Å². The summed E-state index contributed by atoms with van der Waals surface area (Å²) < 4.78 is 25.8. The van der Waals surface area contributed by atoms with Crippen LogP contribution < -0.4 is 9.47 Å².